The molecule has 0 saturated heterocycles. The maximum atomic E-state index is 13.0. The third-order valence-corrected chi connectivity index (χ3v) is 3.51. The van der Waals surface area contributed by atoms with E-state index in [1.165, 1.54) is 42.7 Å². The number of carbonyl (C=O) groups is 1. The molecule has 0 fully saturated rings. The lowest BCUT2D eigenvalue weighted by atomic mass is 10.1. The van der Waals surface area contributed by atoms with E-state index < -0.39 is 0 Å². The molecule has 0 aliphatic rings. The Kier molecular flexibility index (Phi) is 5.48. The standard InChI is InChI=1S/C19H15F2N3O2/c20-14-3-1-13(2-4-14)18-9-16(23-12-24-18)10-22-19(25)11-26-17-7-5-15(21)6-8-17/h1-9,12H,10-11H2,(H,22,25). The summed E-state index contributed by atoms with van der Waals surface area (Å²) in [5.41, 5.74) is 1.99. The molecule has 0 bridgehead atoms. The number of halogens is 2. The maximum Gasteiger partial charge on any atom is 0.258 e. The predicted octanol–water partition coefficient (Wildman–Crippen LogP) is 3.12. The van der Waals surface area contributed by atoms with Crippen LogP contribution in [0.15, 0.2) is 60.9 Å². The van der Waals surface area contributed by atoms with E-state index in [1.54, 1.807) is 18.2 Å². The van der Waals surface area contributed by atoms with Crippen molar-refractivity contribution in [3.05, 3.63) is 78.3 Å². The molecular formula is C19H15F2N3O2. The van der Waals surface area contributed by atoms with Crippen molar-refractivity contribution in [2.75, 3.05) is 6.61 Å². The van der Waals surface area contributed by atoms with Crippen molar-refractivity contribution in [3.63, 3.8) is 0 Å². The van der Waals surface area contributed by atoms with Gasteiger partial charge in [-0.2, -0.15) is 0 Å². The lowest BCUT2D eigenvalue weighted by Crippen LogP contribution is -2.28. The van der Waals surface area contributed by atoms with E-state index in [0.29, 0.717) is 17.1 Å². The molecule has 3 aromatic rings. The molecule has 3 rings (SSSR count). The Bertz CT molecular complexity index is 884. The fraction of sp³-hybridized carbons (Fsp3) is 0.105. The molecule has 2 aromatic carbocycles. The van der Waals surface area contributed by atoms with Gasteiger partial charge in [-0.25, -0.2) is 18.7 Å². The summed E-state index contributed by atoms with van der Waals surface area (Å²) in [6, 6.07) is 13.1. The second kappa shape index (κ2) is 8.15. The molecule has 1 heterocycles. The number of rotatable bonds is 6. The second-order valence-electron chi connectivity index (χ2n) is 5.42. The molecule has 1 amide bonds. The number of nitrogens with one attached hydrogen (secondary N) is 1. The summed E-state index contributed by atoms with van der Waals surface area (Å²) >= 11 is 0. The van der Waals surface area contributed by atoms with Crippen LogP contribution in [0.4, 0.5) is 8.78 Å². The van der Waals surface area contributed by atoms with Gasteiger partial charge >= 0.3 is 0 Å². The fourth-order valence-corrected chi connectivity index (χ4v) is 2.19. The molecule has 1 N–H and O–H groups in total. The normalized spacial score (nSPS) is 10.4. The van der Waals surface area contributed by atoms with Gasteiger partial charge in [0.25, 0.3) is 5.91 Å². The van der Waals surface area contributed by atoms with Crippen LogP contribution in [0, 0.1) is 11.6 Å². The minimum atomic E-state index is -0.373. The highest BCUT2D eigenvalue weighted by Crippen LogP contribution is 2.17. The molecule has 132 valence electrons. The quantitative estimate of drug-likeness (QED) is 0.738. The van der Waals surface area contributed by atoms with Crippen molar-refractivity contribution in [2.45, 2.75) is 6.54 Å². The van der Waals surface area contributed by atoms with Gasteiger partial charge in [0.2, 0.25) is 0 Å². The monoisotopic (exact) mass is 355 g/mol. The molecule has 0 aliphatic carbocycles. The van der Waals surface area contributed by atoms with Crippen molar-refractivity contribution in [2.24, 2.45) is 0 Å². The first kappa shape index (κ1) is 17.5. The van der Waals surface area contributed by atoms with Crippen LogP contribution in [0.3, 0.4) is 0 Å². The second-order valence-corrected chi connectivity index (χ2v) is 5.42. The molecule has 0 atom stereocenters. The van der Waals surface area contributed by atoms with Crippen molar-refractivity contribution in [1.82, 2.24) is 15.3 Å². The van der Waals surface area contributed by atoms with Crippen LogP contribution in [-0.4, -0.2) is 22.5 Å². The van der Waals surface area contributed by atoms with E-state index >= 15 is 0 Å². The lowest BCUT2D eigenvalue weighted by molar-refractivity contribution is -0.123. The number of hydrogen-bond donors (Lipinski definition) is 1. The summed E-state index contributed by atoms with van der Waals surface area (Å²) in [5.74, 6) is -0.627. The molecular weight excluding hydrogens is 340 g/mol. The zero-order valence-corrected chi connectivity index (χ0v) is 13.7. The number of ether oxygens (including phenoxy) is 1. The smallest absolute Gasteiger partial charge is 0.258 e. The molecule has 0 spiro atoms. The van der Waals surface area contributed by atoms with E-state index in [4.69, 9.17) is 4.74 Å². The zero-order valence-electron chi connectivity index (χ0n) is 13.7. The van der Waals surface area contributed by atoms with E-state index in [0.717, 1.165) is 5.56 Å². The lowest BCUT2D eigenvalue weighted by Gasteiger charge is -2.08. The van der Waals surface area contributed by atoms with Crippen LogP contribution in [-0.2, 0) is 11.3 Å². The Balaban J connectivity index is 1.54. The van der Waals surface area contributed by atoms with Crippen molar-refractivity contribution < 1.29 is 18.3 Å². The number of nitrogens with zero attached hydrogens (tertiary/aromatic N) is 2. The van der Waals surface area contributed by atoms with Gasteiger partial charge in [0, 0.05) is 5.56 Å². The van der Waals surface area contributed by atoms with Gasteiger partial charge in [-0.15, -0.1) is 0 Å². The number of benzene rings is 2. The van der Waals surface area contributed by atoms with Gasteiger partial charge in [0.15, 0.2) is 6.61 Å². The van der Waals surface area contributed by atoms with Crippen molar-refractivity contribution in [1.29, 1.82) is 0 Å². The third-order valence-electron chi connectivity index (χ3n) is 3.51. The van der Waals surface area contributed by atoms with Crippen LogP contribution in [0.25, 0.3) is 11.3 Å². The topological polar surface area (TPSA) is 64.1 Å². The molecule has 5 nitrogen and oxygen atoms in total. The number of carbonyl (C=O) groups excluding carboxylic acids is 1. The van der Waals surface area contributed by atoms with Gasteiger partial charge in [0.1, 0.15) is 23.7 Å². The third kappa shape index (κ3) is 4.83. The average Bonchev–Trinajstić information content (AvgIpc) is 2.67. The van der Waals surface area contributed by atoms with Crippen molar-refractivity contribution in [3.8, 4) is 17.0 Å². The first-order valence-electron chi connectivity index (χ1n) is 7.82. The van der Waals surface area contributed by atoms with Crippen LogP contribution in [0.2, 0.25) is 0 Å². The number of amides is 1. The number of hydrogen-bond acceptors (Lipinski definition) is 4. The largest absolute Gasteiger partial charge is 0.484 e. The van der Waals surface area contributed by atoms with E-state index in [-0.39, 0.29) is 30.7 Å². The Morgan fingerprint density at radius 1 is 0.962 bits per heavy atom. The molecule has 0 radical (unpaired) electrons. The van der Waals surface area contributed by atoms with Gasteiger partial charge in [-0.1, -0.05) is 0 Å². The van der Waals surface area contributed by atoms with E-state index in [1.807, 2.05) is 0 Å². The molecule has 1 aromatic heterocycles. The van der Waals surface area contributed by atoms with Crippen LogP contribution >= 0.6 is 0 Å². The highest BCUT2D eigenvalue weighted by molar-refractivity contribution is 5.77. The summed E-state index contributed by atoms with van der Waals surface area (Å²) in [6.45, 7) is 0.00383. The Morgan fingerprint density at radius 2 is 1.62 bits per heavy atom. The van der Waals surface area contributed by atoms with E-state index in [9.17, 15) is 13.6 Å². The fourth-order valence-electron chi connectivity index (χ4n) is 2.19. The summed E-state index contributed by atoms with van der Waals surface area (Å²) < 4.78 is 31.1. The van der Waals surface area contributed by atoms with Gasteiger partial charge in [-0.05, 0) is 54.6 Å². The zero-order chi connectivity index (χ0) is 18.4. The first-order valence-corrected chi connectivity index (χ1v) is 7.82. The maximum absolute atomic E-state index is 13.0. The summed E-state index contributed by atoms with van der Waals surface area (Å²) in [7, 11) is 0. The van der Waals surface area contributed by atoms with E-state index in [2.05, 4.69) is 15.3 Å². The minimum Gasteiger partial charge on any atom is -0.484 e. The van der Waals surface area contributed by atoms with Gasteiger partial charge in [-0.3, -0.25) is 4.79 Å². The molecule has 7 heteroatoms. The molecule has 0 aliphatic heterocycles. The summed E-state index contributed by atoms with van der Waals surface area (Å²) in [5, 5.41) is 2.68. The Morgan fingerprint density at radius 3 is 2.31 bits per heavy atom. The summed E-state index contributed by atoms with van der Waals surface area (Å²) in [4.78, 5) is 20.1. The van der Waals surface area contributed by atoms with Crippen LogP contribution in [0.5, 0.6) is 5.75 Å². The van der Waals surface area contributed by atoms with Gasteiger partial charge in [0.05, 0.1) is 17.9 Å². The predicted molar refractivity (Wildman–Crippen MR) is 91.2 cm³/mol. The Labute approximate surface area is 148 Å². The Hall–Kier alpha value is -3.35. The number of aromatic nitrogens is 2. The van der Waals surface area contributed by atoms with Crippen LogP contribution < -0.4 is 10.1 Å². The highest BCUT2D eigenvalue weighted by atomic mass is 19.1. The van der Waals surface area contributed by atoms with Gasteiger partial charge < -0.3 is 10.1 Å². The SMILES string of the molecule is O=C(COc1ccc(F)cc1)NCc1cc(-c2ccc(F)cc2)ncn1. The molecule has 26 heavy (non-hydrogen) atoms. The molecule has 0 saturated carbocycles. The molecule has 0 unspecified atom stereocenters. The van der Waals surface area contributed by atoms with Crippen LogP contribution in [0.1, 0.15) is 5.69 Å². The highest BCUT2D eigenvalue weighted by Gasteiger charge is 2.06. The average molecular weight is 355 g/mol. The van der Waals surface area contributed by atoms with Crippen molar-refractivity contribution >= 4 is 5.91 Å². The first-order chi connectivity index (χ1) is 12.6. The minimum absolute atomic E-state index is 0.193. The summed E-state index contributed by atoms with van der Waals surface area (Å²) in [6.07, 6.45) is 1.38.